The van der Waals surface area contributed by atoms with Crippen LogP contribution in [-0.2, 0) is 5.75 Å². The Balaban J connectivity index is 2.50. The number of nitrogens with one attached hydrogen (secondary N) is 1. The minimum Gasteiger partial charge on any atom is -0.322 e. The first-order valence-corrected chi connectivity index (χ1v) is 6.16. The molecule has 0 aliphatic heterocycles. The van der Waals surface area contributed by atoms with Gasteiger partial charge in [-0.1, -0.05) is 18.2 Å². The van der Waals surface area contributed by atoms with Gasteiger partial charge in [-0.05, 0) is 42.7 Å². The molecule has 2 nitrogen and oxygen atoms in total. The van der Waals surface area contributed by atoms with Gasteiger partial charge in [-0.15, -0.1) is 0 Å². The molecule has 2 aromatic rings. The van der Waals surface area contributed by atoms with Crippen molar-refractivity contribution in [1.82, 2.24) is 4.98 Å². The molecule has 1 aromatic heterocycles. The molecule has 3 heteroatoms. The summed E-state index contributed by atoms with van der Waals surface area (Å²) in [4.78, 5) is 14.6. The van der Waals surface area contributed by atoms with E-state index in [1.54, 1.807) is 0 Å². The van der Waals surface area contributed by atoms with Crippen LogP contribution in [0.3, 0.4) is 0 Å². The maximum absolute atomic E-state index is 11.7. The third-order valence-electron chi connectivity index (χ3n) is 2.98. The van der Waals surface area contributed by atoms with Gasteiger partial charge in [0, 0.05) is 17.0 Å². The number of aromatic amines is 1. The summed E-state index contributed by atoms with van der Waals surface area (Å²) in [5.41, 5.74) is 5.00. The standard InChI is InChI=1S/C14H15NOS/c1-9-3-4-11(7-10(9)2)13-6-5-12(8-17)14(16)15-13/h3-7,17H,8H2,1-2H3,(H,15,16). The Morgan fingerprint density at radius 2 is 1.88 bits per heavy atom. The summed E-state index contributed by atoms with van der Waals surface area (Å²) in [5, 5.41) is 0. The van der Waals surface area contributed by atoms with E-state index in [1.165, 1.54) is 11.1 Å². The molecule has 0 unspecified atom stereocenters. The second kappa shape index (κ2) is 4.80. The lowest BCUT2D eigenvalue weighted by Crippen LogP contribution is -2.11. The van der Waals surface area contributed by atoms with Crippen molar-refractivity contribution < 1.29 is 0 Å². The zero-order valence-corrected chi connectivity index (χ0v) is 10.8. The van der Waals surface area contributed by atoms with Crippen molar-refractivity contribution in [2.24, 2.45) is 0 Å². The van der Waals surface area contributed by atoms with Crippen molar-refractivity contribution in [2.75, 3.05) is 0 Å². The summed E-state index contributed by atoms with van der Waals surface area (Å²) < 4.78 is 0. The quantitative estimate of drug-likeness (QED) is 0.783. The predicted octanol–water partition coefficient (Wildman–Crippen LogP) is 3.09. The molecule has 0 bridgehead atoms. The number of benzene rings is 1. The van der Waals surface area contributed by atoms with Crippen LogP contribution in [0.2, 0.25) is 0 Å². The molecular formula is C14H15NOS. The number of H-pyrrole nitrogens is 1. The van der Waals surface area contributed by atoms with Crippen LogP contribution in [0.25, 0.3) is 11.3 Å². The van der Waals surface area contributed by atoms with Gasteiger partial charge in [-0.25, -0.2) is 0 Å². The average Bonchev–Trinajstić information content (AvgIpc) is 2.32. The predicted molar refractivity (Wildman–Crippen MR) is 74.7 cm³/mol. The molecule has 17 heavy (non-hydrogen) atoms. The first-order valence-electron chi connectivity index (χ1n) is 5.52. The molecule has 1 heterocycles. The molecule has 0 aliphatic carbocycles. The molecule has 0 radical (unpaired) electrons. The molecule has 1 N–H and O–H groups in total. The van der Waals surface area contributed by atoms with Crippen LogP contribution in [-0.4, -0.2) is 4.98 Å². The van der Waals surface area contributed by atoms with Crippen LogP contribution in [0.5, 0.6) is 0 Å². The third kappa shape index (κ3) is 2.44. The van der Waals surface area contributed by atoms with Gasteiger partial charge in [0.05, 0.1) is 0 Å². The second-order valence-corrected chi connectivity index (χ2v) is 4.50. The third-order valence-corrected chi connectivity index (χ3v) is 3.32. The lowest BCUT2D eigenvalue weighted by molar-refractivity contribution is 1.17. The number of hydrogen-bond donors (Lipinski definition) is 2. The molecule has 2 rings (SSSR count). The van der Waals surface area contributed by atoms with Crippen molar-refractivity contribution in [3.05, 3.63) is 57.4 Å². The number of rotatable bonds is 2. The van der Waals surface area contributed by atoms with Crippen molar-refractivity contribution in [2.45, 2.75) is 19.6 Å². The van der Waals surface area contributed by atoms with E-state index in [-0.39, 0.29) is 5.56 Å². The van der Waals surface area contributed by atoms with E-state index < -0.39 is 0 Å². The Hall–Kier alpha value is -1.48. The van der Waals surface area contributed by atoms with E-state index >= 15 is 0 Å². The molecule has 0 amide bonds. The first kappa shape index (κ1) is 12.0. The van der Waals surface area contributed by atoms with Gasteiger partial charge in [0.15, 0.2) is 0 Å². The van der Waals surface area contributed by atoms with Crippen LogP contribution in [0, 0.1) is 13.8 Å². The van der Waals surface area contributed by atoms with Crippen molar-refractivity contribution in [3.8, 4) is 11.3 Å². The van der Waals surface area contributed by atoms with Crippen molar-refractivity contribution in [1.29, 1.82) is 0 Å². The monoisotopic (exact) mass is 245 g/mol. The molecule has 0 fully saturated rings. The molecule has 1 aromatic carbocycles. The molecule has 0 saturated carbocycles. The normalized spacial score (nSPS) is 10.5. The van der Waals surface area contributed by atoms with E-state index in [0.29, 0.717) is 11.3 Å². The number of hydrogen-bond acceptors (Lipinski definition) is 2. The molecule has 0 spiro atoms. The number of aromatic nitrogens is 1. The molecule has 0 aliphatic rings. The minimum absolute atomic E-state index is 0.0595. The Morgan fingerprint density at radius 1 is 1.12 bits per heavy atom. The maximum atomic E-state index is 11.7. The highest BCUT2D eigenvalue weighted by Crippen LogP contribution is 2.19. The largest absolute Gasteiger partial charge is 0.322 e. The van der Waals surface area contributed by atoms with Gasteiger partial charge in [0.25, 0.3) is 5.56 Å². The van der Waals surface area contributed by atoms with E-state index in [4.69, 9.17) is 0 Å². The summed E-state index contributed by atoms with van der Waals surface area (Å²) in [7, 11) is 0. The van der Waals surface area contributed by atoms with E-state index in [1.807, 2.05) is 18.2 Å². The molecule has 0 saturated heterocycles. The van der Waals surface area contributed by atoms with Gasteiger partial charge < -0.3 is 4.98 Å². The molecule has 0 atom stereocenters. The van der Waals surface area contributed by atoms with Crippen LogP contribution < -0.4 is 5.56 Å². The van der Waals surface area contributed by atoms with Crippen molar-refractivity contribution >= 4 is 12.6 Å². The SMILES string of the molecule is Cc1ccc(-c2ccc(CS)c(=O)[nH]2)cc1C. The Bertz CT molecular complexity index is 601. The van der Waals surface area contributed by atoms with Crippen LogP contribution in [0.1, 0.15) is 16.7 Å². The summed E-state index contributed by atoms with van der Waals surface area (Å²) in [6, 6.07) is 9.93. The van der Waals surface area contributed by atoms with E-state index in [0.717, 1.165) is 11.3 Å². The van der Waals surface area contributed by atoms with Gasteiger partial charge in [-0.3, -0.25) is 4.79 Å². The maximum Gasteiger partial charge on any atom is 0.252 e. The van der Waals surface area contributed by atoms with E-state index in [2.05, 4.69) is 43.6 Å². The van der Waals surface area contributed by atoms with Crippen LogP contribution in [0.4, 0.5) is 0 Å². The van der Waals surface area contributed by atoms with Crippen molar-refractivity contribution in [3.63, 3.8) is 0 Å². The summed E-state index contributed by atoms with van der Waals surface area (Å²) >= 11 is 4.11. The first-order chi connectivity index (χ1) is 8.11. The summed E-state index contributed by atoms with van der Waals surface area (Å²) in [6.07, 6.45) is 0. The second-order valence-electron chi connectivity index (χ2n) is 4.18. The fourth-order valence-electron chi connectivity index (χ4n) is 1.71. The van der Waals surface area contributed by atoms with Gasteiger partial charge in [0.1, 0.15) is 0 Å². The minimum atomic E-state index is -0.0595. The van der Waals surface area contributed by atoms with Gasteiger partial charge in [-0.2, -0.15) is 12.6 Å². The highest BCUT2D eigenvalue weighted by atomic mass is 32.1. The number of thiol groups is 1. The average molecular weight is 245 g/mol. The zero-order chi connectivity index (χ0) is 12.4. The number of aryl methyl sites for hydroxylation is 2. The van der Waals surface area contributed by atoms with Crippen LogP contribution >= 0.6 is 12.6 Å². The highest BCUT2D eigenvalue weighted by molar-refractivity contribution is 7.79. The van der Waals surface area contributed by atoms with Crippen LogP contribution in [0.15, 0.2) is 35.1 Å². The smallest absolute Gasteiger partial charge is 0.252 e. The fourth-order valence-corrected chi connectivity index (χ4v) is 1.95. The van der Waals surface area contributed by atoms with E-state index in [9.17, 15) is 4.79 Å². The highest BCUT2D eigenvalue weighted by Gasteiger charge is 2.03. The van der Waals surface area contributed by atoms with Gasteiger partial charge in [0.2, 0.25) is 0 Å². The molecular weight excluding hydrogens is 230 g/mol. The Kier molecular flexibility index (Phi) is 3.38. The fraction of sp³-hybridized carbons (Fsp3) is 0.214. The lowest BCUT2D eigenvalue weighted by Gasteiger charge is -2.06. The summed E-state index contributed by atoms with van der Waals surface area (Å²) in [5.74, 6) is 0.461. The number of pyridine rings is 1. The molecule has 88 valence electrons. The Labute approximate surface area is 106 Å². The Morgan fingerprint density at radius 3 is 2.47 bits per heavy atom. The van der Waals surface area contributed by atoms with Gasteiger partial charge >= 0.3 is 0 Å². The summed E-state index contributed by atoms with van der Waals surface area (Å²) in [6.45, 7) is 4.14. The zero-order valence-electron chi connectivity index (χ0n) is 9.95. The lowest BCUT2D eigenvalue weighted by atomic mass is 10.0. The topological polar surface area (TPSA) is 32.9 Å².